The molecule has 0 radical (unpaired) electrons. The summed E-state index contributed by atoms with van der Waals surface area (Å²) in [4.78, 5) is 15.4. The van der Waals surface area contributed by atoms with E-state index in [1.807, 2.05) is 6.92 Å². The quantitative estimate of drug-likeness (QED) is 0.837. The van der Waals surface area contributed by atoms with Crippen LogP contribution in [-0.2, 0) is 0 Å². The van der Waals surface area contributed by atoms with Gasteiger partial charge in [0, 0.05) is 17.5 Å². The number of likely N-dealkylation sites (tertiary alicyclic amines) is 1. The van der Waals surface area contributed by atoms with Crippen LogP contribution < -0.4 is 5.32 Å². The number of nitrogens with one attached hydrogen (secondary N) is 1. The Balaban J connectivity index is 1.91. The second-order valence-electron chi connectivity index (χ2n) is 5.40. The van der Waals surface area contributed by atoms with Crippen molar-refractivity contribution in [3.63, 3.8) is 0 Å². The van der Waals surface area contributed by atoms with Crippen LogP contribution in [0.3, 0.4) is 0 Å². The molecule has 1 aliphatic rings. The predicted molar refractivity (Wildman–Crippen MR) is 85.9 cm³/mol. The molecule has 1 heterocycles. The molecule has 110 valence electrons. The molecule has 3 nitrogen and oxygen atoms in total. The van der Waals surface area contributed by atoms with Crippen molar-refractivity contribution < 1.29 is 4.79 Å². The van der Waals surface area contributed by atoms with Crippen molar-refractivity contribution >= 4 is 30.1 Å². The van der Waals surface area contributed by atoms with E-state index in [0.29, 0.717) is 10.6 Å². The minimum absolute atomic E-state index is 0.111. The van der Waals surface area contributed by atoms with Gasteiger partial charge < -0.3 is 10.2 Å². The van der Waals surface area contributed by atoms with Crippen molar-refractivity contribution in [1.82, 2.24) is 10.2 Å². The average Bonchev–Trinajstić information content (AvgIpc) is 2.42. The Morgan fingerprint density at radius 2 is 2.10 bits per heavy atom. The van der Waals surface area contributed by atoms with Gasteiger partial charge >= 0.3 is 0 Å². The van der Waals surface area contributed by atoms with E-state index in [2.05, 4.69) is 22.8 Å². The Morgan fingerprint density at radius 3 is 2.80 bits per heavy atom. The van der Waals surface area contributed by atoms with Crippen LogP contribution in [0.25, 0.3) is 0 Å². The van der Waals surface area contributed by atoms with E-state index in [0.717, 1.165) is 24.5 Å². The molecule has 0 spiro atoms. The number of hydrogen-bond acceptors (Lipinski definition) is 3. The number of amides is 1. The first kappa shape index (κ1) is 15.7. The van der Waals surface area contributed by atoms with E-state index in [1.54, 1.807) is 18.2 Å². The smallest absolute Gasteiger partial charge is 0.253 e. The van der Waals surface area contributed by atoms with E-state index >= 15 is 0 Å². The molecule has 1 fully saturated rings. The predicted octanol–water partition coefficient (Wildman–Crippen LogP) is 3.23. The van der Waals surface area contributed by atoms with Gasteiger partial charge in [-0.05, 0) is 51.1 Å². The summed E-state index contributed by atoms with van der Waals surface area (Å²) in [6.45, 7) is 5.19. The van der Waals surface area contributed by atoms with Gasteiger partial charge in [0.2, 0.25) is 0 Å². The fraction of sp³-hybridized carbons (Fsp3) is 0.533. The number of benzene rings is 1. The standard InChI is InChI=1S/C15H21ClN2OS/c1-11(10-18-7-3-2-4-8-18)17-15(19)13-9-12(20)5-6-14(13)16/h5-6,9,11,20H,2-4,7-8,10H2,1H3,(H,17,19). The van der Waals surface area contributed by atoms with Gasteiger partial charge in [0.1, 0.15) is 0 Å². The average molecular weight is 313 g/mol. The number of hydrogen-bond donors (Lipinski definition) is 2. The number of carbonyl (C=O) groups is 1. The Bertz CT molecular complexity index is 475. The van der Waals surface area contributed by atoms with Gasteiger partial charge in [-0.15, -0.1) is 12.6 Å². The number of rotatable bonds is 4. The summed E-state index contributed by atoms with van der Waals surface area (Å²) in [7, 11) is 0. The lowest BCUT2D eigenvalue weighted by Gasteiger charge is -2.29. The lowest BCUT2D eigenvalue weighted by molar-refractivity contribution is 0.0925. The molecular weight excluding hydrogens is 292 g/mol. The van der Waals surface area contributed by atoms with Gasteiger partial charge in [-0.2, -0.15) is 0 Å². The van der Waals surface area contributed by atoms with Gasteiger partial charge in [0.25, 0.3) is 5.91 Å². The highest BCUT2D eigenvalue weighted by Gasteiger charge is 2.17. The molecule has 1 amide bonds. The van der Waals surface area contributed by atoms with Gasteiger partial charge in [-0.25, -0.2) is 0 Å². The van der Waals surface area contributed by atoms with Gasteiger partial charge in [-0.1, -0.05) is 18.0 Å². The lowest BCUT2D eigenvalue weighted by atomic mass is 10.1. The van der Waals surface area contributed by atoms with E-state index in [4.69, 9.17) is 11.6 Å². The zero-order valence-electron chi connectivity index (χ0n) is 11.7. The first-order chi connectivity index (χ1) is 9.56. The molecule has 1 atom stereocenters. The maximum atomic E-state index is 12.2. The maximum Gasteiger partial charge on any atom is 0.253 e. The van der Waals surface area contributed by atoms with Crippen LogP contribution in [-0.4, -0.2) is 36.5 Å². The molecule has 1 aromatic rings. The molecule has 1 N–H and O–H groups in total. The number of nitrogens with zero attached hydrogens (tertiary/aromatic N) is 1. The highest BCUT2D eigenvalue weighted by atomic mass is 35.5. The minimum atomic E-state index is -0.129. The molecular formula is C15H21ClN2OS. The van der Waals surface area contributed by atoms with Crippen LogP contribution >= 0.6 is 24.2 Å². The molecule has 20 heavy (non-hydrogen) atoms. The third-order valence-corrected chi connectivity index (χ3v) is 4.16. The van der Waals surface area contributed by atoms with E-state index in [-0.39, 0.29) is 11.9 Å². The molecule has 2 rings (SSSR count). The van der Waals surface area contributed by atoms with Crippen LogP contribution in [0.5, 0.6) is 0 Å². The van der Waals surface area contributed by atoms with Crippen molar-refractivity contribution in [3.8, 4) is 0 Å². The number of halogens is 1. The number of thiol groups is 1. The highest BCUT2D eigenvalue weighted by molar-refractivity contribution is 7.80. The van der Waals surface area contributed by atoms with Crippen LogP contribution in [0, 0.1) is 0 Å². The summed E-state index contributed by atoms with van der Waals surface area (Å²) in [6, 6.07) is 5.29. The number of piperidine rings is 1. The first-order valence-electron chi connectivity index (χ1n) is 7.08. The molecule has 0 bridgehead atoms. The zero-order chi connectivity index (χ0) is 14.5. The van der Waals surface area contributed by atoms with E-state index in [9.17, 15) is 4.79 Å². The summed E-state index contributed by atoms with van der Waals surface area (Å²) in [5, 5.41) is 3.48. The molecule has 0 saturated carbocycles. The fourth-order valence-electron chi connectivity index (χ4n) is 2.56. The molecule has 0 aliphatic carbocycles. The Morgan fingerprint density at radius 1 is 1.40 bits per heavy atom. The Labute approximate surface area is 131 Å². The molecule has 1 saturated heterocycles. The van der Waals surface area contributed by atoms with Crippen LogP contribution in [0.2, 0.25) is 5.02 Å². The van der Waals surface area contributed by atoms with Crippen LogP contribution in [0.1, 0.15) is 36.5 Å². The minimum Gasteiger partial charge on any atom is -0.348 e. The molecule has 5 heteroatoms. The topological polar surface area (TPSA) is 32.3 Å². The van der Waals surface area contributed by atoms with Gasteiger partial charge in [0.15, 0.2) is 0 Å². The Hall–Kier alpha value is -0.710. The second-order valence-corrected chi connectivity index (χ2v) is 6.32. The maximum absolute atomic E-state index is 12.2. The van der Waals surface area contributed by atoms with E-state index in [1.165, 1.54) is 19.3 Å². The van der Waals surface area contributed by atoms with E-state index < -0.39 is 0 Å². The molecule has 1 aromatic carbocycles. The summed E-state index contributed by atoms with van der Waals surface area (Å²) in [5.74, 6) is -0.129. The largest absolute Gasteiger partial charge is 0.348 e. The zero-order valence-corrected chi connectivity index (χ0v) is 13.4. The third kappa shape index (κ3) is 4.40. The van der Waals surface area contributed by atoms with Crippen molar-refractivity contribution in [1.29, 1.82) is 0 Å². The van der Waals surface area contributed by atoms with Crippen molar-refractivity contribution in [3.05, 3.63) is 28.8 Å². The van der Waals surface area contributed by atoms with Crippen LogP contribution in [0.4, 0.5) is 0 Å². The summed E-state index contributed by atoms with van der Waals surface area (Å²) in [5.41, 5.74) is 0.490. The third-order valence-electron chi connectivity index (χ3n) is 3.55. The summed E-state index contributed by atoms with van der Waals surface area (Å²) in [6.07, 6.45) is 3.84. The summed E-state index contributed by atoms with van der Waals surface area (Å²) < 4.78 is 0. The SMILES string of the molecule is CC(CN1CCCCC1)NC(=O)c1cc(S)ccc1Cl. The van der Waals surface area contributed by atoms with Gasteiger partial charge in [0.05, 0.1) is 10.6 Å². The van der Waals surface area contributed by atoms with Crippen molar-refractivity contribution in [2.24, 2.45) is 0 Å². The lowest BCUT2D eigenvalue weighted by Crippen LogP contribution is -2.43. The number of carbonyl (C=O) groups excluding carboxylic acids is 1. The monoisotopic (exact) mass is 312 g/mol. The molecule has 0 aromatic heterocycles. The Kier molecular flexibility index (Phi) is 5.75. The van der Waals surface area contributed by atoms with Gasteiger partial charge in [-0.3, -0.25) is 4.79 Å². The fourth-order valence-corrected chi connectivity index (χ4v) is 2.97. The molecule has 1 unspecified atom stereocenters. The molecule has 1 aliphatic heterocycles. The highest BCUT2D eigenvalue weighted by Crippen LogP contribution is 2.19. The van der Waals surface area contributed by atoms with Crippen molar-refractivity contribution in [2.45, 2.75) is 37.1 Å². The normalized spacial score (nSPS) is 17.8. The second kappa shape index (κ2) is 7.34. The van der Waals surface area contributed by atoms with Crippen LogP contribution in [0.15, 0.2) is 23.1 Å². The van der Waals surface area contributed by atoms with Crippen molar-refractivity contribution in [2.75, 3.05) is 19.6 Å². The first-order valence-corrected chi connectivity index (χ1v) is 7.90. The summed E-state index contributed by atoms with van der Waals surface area (Å²) >= 11 is 10.3.